The van der Waals surface area contributed by atoms with Crippen molar-refractivity contribution in [2.75, 3.05) is 12.1 Å². The number of benzene rings is 1. The molecule has 1 aliphatic heterocycles. The number of para-hydroxylation sites is 1. The predicted octanol–water partition coefficient (Wildman–Crippen LogP) is 0.320. The highest BCUT2D eigenvalue weighted by molar-refractivity contribution is 7.52. The number of ether oxygens (including phenoxy) is 1. The monoisotopic (exact) mass is 500 g/mol. The van der Waals surface area contributed by atoms with Crippen molar-refractivity contribution >= 4 is 19.5 Å². The molecule has 186 valence electrons. The first-order valence-corrected chi connectivity index (χ1v) is 11.6. The lowest BCUT2D eigenvalue weighted by atomic mass is 9.96. The summed E-state index contributed by atoms with van der Waals surface area (Å²) in [5.74, 6) is -1.32. The molecular formula is C19H25N4O10P. The smallest absolute Gasteiger partial charge is 0.459 e. The summed E-state index contributed by atoms with van der Waals surface area (Å²) in [6.45, 7) is 1.85. The van der Waals surface area contributed by atoms with Gasteiger partial charge in [0, 0.05) is 6.20 Å². The summed E-state index contributed by atoms with van der Waals surface area (Å²) in [6, 6.07) is 7.78. The van der Waals surface area contributed by atoms with E-state index >= 15 is 0 Å². The number of aliphatic hydroxyl groups is 2. The minimum atomic E-state index is -4.30. The van der Waals surface area contributed by atoms with Crippen molar-refractivity contribution in [3.63, 3.8) is 0 Å². The predicted molar refractivity (Wildman–Crippen MR) is 115 cm³/mol. The van der Waals surface area contributed by atoms with Gasteiger partial charge in [0.25, 0.3) is 0 Å². The number of hydrogen-bond acceptors (Lipinski definition) is 11. The highest BCUT2D eigenvalue weighted by atomic mass is 31.2. The fraction of sp³-hybridized carbons (Fsp3) is 0.421. The molecular weight excluding hydrogens is 475 g/mol. The quantitative estimate of drug-likeness (QED) is 0.192. The van der Waals surface area contributed by atoms with Crippen molar-refractivity contribution in [2.45, 2.75) is 43.9 Å². The number of aliphatic hydroxyl groups excluding tert-OH is 1. The molecule has 0 aliphatic carbocycles. The van der Waals surface area contributed by atoms with E-state index < -0.39 is 56.1 Å². The van der Waals surface area contributed by atoms with E-state index in [1.807, 2.05) is 0 Å². The molecule has 1 aromatic heterocycles. The molecule has 0 radical (unpaired) electrons. The summed E-state index contributed by atoms with van der Waals surface area (Å²) < 4.78 is 30.6. The van der Waals surface area contributed by atoms with Crippen LogP contribution in [0.5, 0.6) is 5.75 Å². The van der Waals surface area contributed by atoms with Gasteiger partial charge in [0.2, 0.25) is 0 Å². The van der Waals surface area contributed by atoms with Crippen molar-refractivity contribution in [1.29, 1.82) is 0 Å². The van der Waals surface area contributed by atoms with Gasteiger partial charge >= 0.3 is 19.4 Å². The van der Waals surface area contributed by atoms with Gasteiger partial charge in [-0.3, -0.25) is 24.6 Å². The highest BCUT2D eigenvalue weighted by Crippen LogP contribution is 2.46. The van der Waals surface area contributed by atoms with Crippen LogP contribution < -0.4 is 20.8 Å². The Labute approximate surface area is 193 Å². The molecule has 0 amide bonds. The lowest BCUT2D eigenvalue weighted by Crippen LogP contribution is -2.46. The minimum absolute atomic E-state index is 0.129. The summed E-state index contributed by atoms with van der Waals surface area (Å²) >= 11 is 0. The van der Waals surface area contributed by atoms with E-state index in [2.05, 4.69) is 10.1 Å². The first-order chi connectivity index (χ1) is 16.0. The molecule has 0 bridgehead atoms. The molecule has 2 aromatic rings. The summed E-state index contributed by atoms with van der Waals surface area (Å²) in [5.41, 5.74) is -1.18. The SMILES string of the molecule is CC(NP(=O)(OC[C@H]1O[C@@H](n2ccc(NO)nc2=O)[C@](C)(O)[C@@H]1O)Oc1ccccc1)C(=O)O. The number of carboxylic acid groups (broad SMARTS) is 1. The van der Waals surface area contributed by atoms with E-state index in [4.69, 9.17) is 19.0 Å². The fourth-order valence-corrected chi connectivity index (χ4v) is 4.71. The van der Waals surface area contributed by atoms with Crippen LogP contribution in [-0.2, 0) is 18.6 Å². The summed E-state index contributed by atoms with van der Waals surface area (Å²) in [5, 5.41) is 41.7. The second kappa shape index (κ2) is 10.2. The first-order valence-electron chi connectivity index (χ1n) is 10.0. The van der Waals surface area contributed by atoms with Crippen LogP contribution in [0.1, 0.15) is 20.1 Å². The van der Waals surface area contributed by atoms with Crippen LogP contribution in [0, 0.1) is 0 Å². The van der Waals surface area contributed by atoms with Crippen LogP contribution in [-0.4, -0.2) is 66.5 Å². The zero-order valence-corrected chi connectivity index (χ0v) is 19.0. The molecule has 0 saturated carbocycles. The van der Waals surface area contributed by atoms with Gasteiger partial charge in [-0.2, -0.15) is 10.1 Å². The van der Waals surface area contributed by atoms with Gasteiger partial charge in [-0.1, -0.05) is 18.2 Å². The number of carboxylic acids is 1. The maximum Gasteiger partial charge on any atom is 0.459 e. The van der Waals surface area contributed by atoms with Crippen molar-refractivity contribution in [1.82, 2.24) is 14.6 Å². The zero-order valence-electron chi connectivity index (χ0n) is 18.1. The Balaban J connectivity index is 1.80. The van der Waals surface area contributed by atoms with E-state index in [9.17, 15) is 29.5 Å². The Bertz CT molecular complexity index is 1110. The van der Waals surface area contributed by atoms with Crippen molar-refractivity contribution in [3.05, 3.63) is 53.1 Å². The third-order valence-electron chi connectivity index (χ3n) is 5.05. The summed E-state index contributed by atoms with van der Waals surface area (Å²) in [6.07, 6.45) is -3.13. The Morgan fingerprint density at radius 2 is 2.03 bits per heavy atom. The van der Waals surface area contributed by atoms with Crippen LogP contribution in [0.15, 0.2) is 47.4 Å². The lowest BCUT2D eigenvalue weighted by Gasteiger charge is -2.27. The minimum Gasteiger partial charge on any atom is -0.480 e. The van der Waals surface area contributed by atoms with Gasteiger partial charge in [0.1, 0.15) is 29.6 Å². The van der Waals surface area contributed by atoms with Gasteiger partial charge in [0.15, 0.2) is 12.0 Å². The number of hydrogen-bond donors (Lipinski definition) is 6. The van der Waals surface area contributed by atoms with E-state index in [1.165, 1.54) is 38.2 Å². The van der Waals surface area contributed by atoms with Crippen LogP contribution in [0.4, 0.5) is 5.82 Å². The standard InChI is InChI=1S/C19H25N4O10P/c1-11(16(25)26)22-34(30,33-12-6-4-3-5-7-12)31-10-13-15(24)19(2,28)17(32-13)23-9-8-14(21-29)20-18(23)27/h3-9,11,13,15,17,24,28-29H,10H2,1-2H3,(H,22,30)(H,25,26)(H,20,21,27)/t11?,13-,15-,17-,19-,34?/m1/s1. The summed E-state index contributed by atoms with van der Waals surface area (Å²) in [7, 11) is -4.30. The van der Waals surface area contributed by atoms with Gasteiger partial charge in [-0.25, -0.2) is 9.36 Å². The Hall–Kier alpha value is -2.84. The average molecular weight is 500 g/mol. The molecule has 15 heteroatoms. The number of rotatable bonds is 10. The van der Waals surface area contributed by atoms with Crippen molar-refractivity contribution in [3.8, 4) is 5.75 Å². The molecule has 1 aromatic carbocycles. The molecule has 1 fully saturated rings. The van der Waals surface area contributed by atoms with Gasteiger partial charge in [-0.15, -0.1) is 0 Å². The van der Waals surface area contributed by atoms with Crippen molar-refractivity contribution < 1.29 is 43.7 Å². The fourth-order valence-electron chi connectivity index (χ4n) is 3.21. The van der Waals surface area contributed by atoms with E-state index in [1.54, 1.807) is 23.7 Å². The normalized spacial score (nSPS) is 27.0. The maximum absolute atomic E-state index is 13.3. The maximum atomic E-state index is 13.3. The first kappa shape index (κ1) is 25.8. The number of nitrogens with one attached hydrogen (secondary N) is 2. The summed E-state index contributed by atoms with van der Waals surface area (Å²) in [4.78, 5) is 27.1. The van der Waals surface area contributed by atoms with Crippen LogP contribution in [0.2, 0.25) is 0 Å². The van der Waals surface area contributed by atoms with E-state index in [0.717, 1.165) is 4.57 Å². The Kier molecular flexibility index (Phi) is 7.73. The highest BCUT2D eigenvalue weighted by Gasteiger charge is 2.54. The zero-order chi connectivity index (χ0) is 25.1. The molecule has 3 rings (SSSR count). The molecule has 34 heavy (non-hydrogen) atoms. The Morgan fingerprint density at radius 3 is 2.62 bits per heavy atom. The number of nitrogens with zero attached hydrogens (tertiary/aromatic N) is 2. The van der Waals surface area contributed by atoms with E-state index in [-0.39, 0.29) is 11.6 Å². The molecule has 0 spiro atoms. The van der Waals surface area contributed by atoms with Crippen LogP contribution in [0.25, 0.3) is 0 Å². The number of carbonyl (C=O) groups is 1. The second-order valence-electron chi connectivity index (χ2n) is 7.70. The molecule has 14 nitrogen and oxygen atoms in total. The molecule has 1 saturated heterocycles. The van der Waals surface area contributed by atoms with Crippen LogP contribution >= 0.6 is 7.75 Å². The van der Waals surface area contributed by atoms with Crippen molar-refractivity contribution in [2.24, 2.45) is 0 Å². The van der Waals surface area contributed by atoms with E-state index in [0.29, 0.717) is 0 Å². The van der Waals surface area contributed by atoms with Gasteiger partial charge < -0.3 is 24.6 Å². The van der Waals surface area contributed by atoms with Gasteiger partial charge in [-0.05, 0) is 32.0 Å². The third-order valence-corrected chi connectivity index (χ3v) is 6.70. The third kappa shape index (κ3) is 5.62. The number of anilines is 1. The topological polar surface area (TPSA) is 202 Å². The second-order valence-corrected chi connectivity index (χ2v) is 9.39. The number of aliphatic carboxylic acids is 1. The molecule has 1 aliphatic rings. The number of aromatic nitrogens is 2. The average Bonchev–Trinajstić information content (AvgIpc) is 3.01. The molecule has 2 unspecified atom stereocenters. The molecule has 6 atom stereocenters. The molecule has 2 heterocycles. The largest absolute Gasteiger partial charge is 0.480 e. The van der Waals surface area contributed by atoms with Gasteiger partial charge in [0.05, 0.1) is 6.61 Å². The van der Waals surface area contributed by atoms with Crippen LogP contribution in [0.3, 0.4) is 0 Å². The molecule has 6 N–H and O–H groups in total. The Morgan fingerprint density at radius 1 is 1.35 bits per heavy atom. The lowest BCUT2D eigenvalue weighted by molar-refractivity contribution is -0.138.